The van der Waals surface area contributed by atoms with E-state index in [0.717, 1.165) is 0 Å². The number of halogens is 2. The van der Waals surface area contributed by atoms with Crippen molar-refractivity contribution < 1.29 is 0 Å². The summed E-state index contributed by atoms with van der Waals surface area (Å²) in [6, 6.07) is 2.08. The van der Waals surface area contributed by atoms with Gasteiger partial charge in [0, 0.05) is 8.68 Å². The Balaban J connectivity index is 3.17. The molecule has 48 valence electrons. The summed E-state index contributed by atoms with van der Waals surface area (Å²) < 4.78 is 2.38. The third kappa shape index (κ3) is 2.03. The number of hydrogen-bond donors (Lipinski definition) is 0. The summed E-state index contributed by atoms with van der Waals surface area (Å²) in [6.45, 7) is 2.09. The first-order chi connectivity index (χ1) is 4.20. The molecule has 0 radical (unpaired) electrons. The van der Waals surface area contributed by atoms with Crippen molar-refractivity contribution in [2.24, 2.45) is 0 Å². The van der Waals surface area contributed by atoms with E-state index in [1.807, 2.05) is 0 Å². The summed E-state index contributed by atoms with van der Waals surface area (Å²) in [5, 5.41) is 0. The van der Waals surface area contributed by atoms with Crippen LogP contribution in [0.5, 0.6) is 0 Å². The molecule has 0 fully saturated rings. The maximum Gasteiger partial charge on any atom is 0.0458 e. The Morgan fingerprint density at radius 2 is 2.11 bits per heavy atom. The second-order valence-electron chi connectivity index (χ2n) is 1.76. The Bertz CT molecular complexity index is 222. The fraction of sp³-hybridized carbons (Fsp3) is 0.167. The zero-order valence-corrected chi connectivity index (χ0v) is 8.92. The molecule has 0 aliphatic carbocycles. The number of aryl methyl sites for hydroxylation is 1. The van der Waals surface area contributed by atoms with Gasteiger partial charge >= 0.3 is 0 Å². The molecule has 0 atom stereocenters. The van der Waals surface area contributed by atoms with Gasteiger partial charge in [-0.25, -0.2) is 0 Å². The average molecular weight is 268 g/mol. The quantitative estimate of drug-likeness (QED) is 0.664. The first kappa shape index (κ1) is 7.71. The van der Waals surface area contributed by atoms with E-state index in [1.165, 1.54) is 22.4 Å². The standard InChI is InChI=1S/C6H5Br2P/c1-4-3-9-6(8)2-5(4)7/h2-3H,1H3. The maximum atomic E-state index is 3.43. The maximum absolute atomic E-state index is 3.43. The van der Waals surface area contributed by atoms with Crippen molar-refractivity contribution in [1.82, 2.24) is 0 Å². The molecule has 1 aromatic heterocycles. The Morgan fingerprint density at radius 3 is 2.56 bits per heavy atom. The van der Waals surface area contributed by atoms with Crippen LogP contribution >= 0.6 is 40.1 Å². The van der Waals surface area contributed by atoms with E-state index < -0.39 is 0 Å². The van der Waals surface area contributed by atoms with Gasteiger partial charge in [0.05, 0.1) is 0 Å². The van der Waals surface area contributed by atoms with Crippen molar-refractivity contribution in [3.05, 3.63) is 26.1 Å². The molecule has 0 bridgehead atoms. The average Bonchev–Trinajstić information content (AvgIpc) is 1.80. The topological polar surface area (TPSA) is 0 Å². The van der Waals surface area contributed by atoms with Crippen molar-refractivity contribution in [3.8, 4) is 0 Å². The molecule has 0 aliphatic heterocycles. The Labute approximate surface area is 73.0 Å². The molecule has 1 rings (SSSR count). The highest BCUT2D eigenvalue weighted by Crippen LogP contribution is 2.28. The predicted molar refractivity (Wildman–Crippen MR) is 49.1 cm³/mol. The van der Waals surface area contributed by atoms with Crippen molar-refractivity contribution in [2.45, 2.75) is 6.92 Å². The van der Waals surface area contributed by atoms with Crippen LogP contribution in [0.4, 0.5) is 0 Å². The summed E-state index contributed by atoms with van der Waals surface area (Å²) in [4.78, 5) is 0. The lowest BCUT2D eigenvalue weighted by Gasteiger charge is -1.94. The van der Waals surface area contributed by atoms with E-state index in [1.54, 1.807) is 0 Å². The fourth-order valence-electron chi connectivity index (χ4n) is 0.476. The van der Waals surface area contributed by atoms with Crippen molar-refractivity contribution in [2.75, 3.05) is 0 Å². The Kier molecular flexibility index (Phi) is 2.69. The number of hydrogen-bond acceptors (Lipinski definition) is 0. The van der Waals surface area contributed by atoms with Gasteiger partial charge in [0.1, 0.15) is 0 Å². The van der Waals surface area contributed by atoms with Crippen LogP contribution < -0.4 is 0 Å². The summed E-state index contributed by atoms with van der Waals surface area (Å²) in [5.74, 6) is 2.16. The third-order valence-electron chi connectivity index (χ3n) is 1.00. The summed E-state index contributed by atoms with van der Waals surface area (Å²) >= 11 is 6.84. The van der Waals surface area contributed by atoms with Gasteiger partial charge in [-0.2, -0.15) is 0 Å². The van der Waals surface area contributed by atoms with Gasteiger partial charge in [0.15, 0.2) is 0 Å². The van der Waals surface area contributed by atoms with Gasteiger partial charge in [-0.15, -0.1) is 0 Å². The van der Waals surface area contributed by atoms with Crippen LogP contribution in [-0.4, -0.2) is 0 Å². The highest BCUT2D eigenvalue weighted by Gasteiger charge is 1.92. The van der Waals surface area contributed by atoms with Crippen LogP contribution in [0, 0.1) is 6.92 Å². The lowest BCUT2D eigenvalue weighted by Crippen LogP contribution is -1.68. The molecular weight excluding hydrogens is 263 g/mol. The smallest absolute Gasteiger partial charge is 0.0458 e. The SMILES string of the molecule is Cc1cpc(Br)cc1Br. The minimum atomic E-state index is 1.17. The molecule has 1 aromatic rings. The van der Waals surface area contributed by atoms with Crippen molar-refractivity contribution in [1.29, 1.82) is 0 Å². The van der Waals surface area contributed by atoms with Gasteiger partial charge in [0.25, 0.3) is 0 Å². The first-order valence-corrected chi connectivity index (χ1v) is 5.03. The minimum absolute atomic E-state index is 1.17. The molecule has 0 saturated heterocycles. The lowest BCUT2D eigenvalue weighted by molar-refractivity contribution is 1.48. The Hall–Kier alpha value is 0.610. The molecule has 9 heavy (non-hydrogen) atoms. The minimum Gasteiger partial charge on any atom is -0.0604 e. The van der Waals surface area contributed by atoms with Gasteiger partial charge in [-0.3, -0.25) is 0 Å². The molecule has 0 aliphatic rings. The Morgan fingerprint density at radius 1 is 1.44 bits per heavy atom. The lowest BCUT2D eigenvalue weighted by atomic mass is 10.4. The van der Waals surface area contributed by atoms with Crippen LogP contribution in [0.3, 0.4) is 0 Å². The fourth-order valence-corrected chi connectivity index (χ4v) is 2.68. The summed E-state index contributed by atoms with van der Waals surface area (Å²) in [5.41, 5.74) is 1.31. The molecule has 0 saturated carbocycles. The van der Waals surface area contributed by atoms with Crippen LogP contribution in [0.2, 0.25) is 0 Å². The molecule has 0 N–H and O–H groups in total. The van der Waals surface area contributed by atoms with Crippen LogP contribution in [0.25, 0.3) is 0 Å². The molecule has 1 heterocycles. The monoisotopic (exact) mass is 266 g/mol. The molecule has 0 spiro atoms. The van der Waals surface area contributed by atoms with Gasteiger partial charge in [-0.1, -0.05) is 24.1 Å². The van der Waals surface area contributed by atoms with Gasteiger partial charge in [0.2, 0.25) is 0 Å². The van der Waals surface area contributed by atoms with E-state index in [2.05, 4.69) is 50.6 Å². The van der Waals surface area contributed by atoms with E-state index in [-0.39, 0.29) is 0 Å². The molecular formula is C6H5Br2P. The molecule has 3 heteroatoms. The van der Waals surface area contributed by atoms with E-state index in [0.29, 0.717) is 0 Å². The van der Waals surface area contributed by atoms with Crippen molar-refractivity contribution >= 4 is 40.1 Å². The third-order valence-corrected chi connectivity index (χ3v) is 3.59. The predicted octanol–water partition coefficient (Wildman–Crippen LogP) is 4.10. The summed E-state index contributed by atoms with van der Waals surface area (Å²) in [6.07, 6.45) is 0. The van der Waals surface area contributed by atoms with E-state index in [4.69, 9.17) is 0 Å². The normalized spacial score (nSPS) is 10.6. The van der Waals surface area contributed by atoms with E-state index >= 15 is 0 Å². The van der Waals surface area contributed by atoms with Crippen LogP contribution in [0.1, 0.15) is 5.56 Å². The highest BCUT2D eigenvalue weighted by molar-refractivity contribution is 9.11. The molecule has 0 nitrogen and oxygen atoms in total. The largest absolute Gasteiger partial charge is 0.0604 e. The zero-order chi connectivity index (χ0) is 6.85. The van der Waals surface area contributed by atoms with Gasteiger partial charge < -0.3 is 0 Å². The number of rotatable bonds is 0. The second kappa shape index (κ2) is 3.14. The van der Waals surface area contributed by atoms with Crippen LogP contribution in [-0.2, 0) is 0 Å². The first-order valence-electron chi connectivity index (χ1n) is 2.48. The zero-order valence-electron chi connectivity index (χ0n) is 4.86. The van der Waals surface area contributed by atoms with E-state index in [9.17, 15) is 0 Å². The van der Waals surface area contributed by atoms with Gasteiger partial charge in [-0.05, 0) is 40.3 Å². The summed E-state index contributed by atoms with van der Waals surface area (Å²) in [7, 11) is 1.25. The molecule has 0 aromatic carbocycles. The second-order valence-corrected chi connectivity index (χ2v) is 5.08. The van der Waals surface area contributed by atoms with Crippen LogP contribution in [0.15, 0.2) is 20.5 Å². The highest BCUT2D eigenvalue weighted by atomic mass is 79.9. The van der Waals surface area contributed by atoms with Crippen molar-refractivity contribution in [3.63, 3.8) is 0 Å². The molecule has 0 amide bonds. The molecule has 0 unspecified atom stereocenters.